The van der Waals surface area contributed by atoms with Crippen molar-refractivity contribution in [1.82, 2.24) is 4.90 Å². The minimum atomic E-state index is 0.131. The lowest BCUT2D eigenvalue weighted by atomic mass is 9.99. The number of ether oxygens (including phenoxy) is 2. The Bertz CT molecular complexity index is 221. The molecule has 0 amide bonds. The lowest BCUT2D eigenvalue weighted by Gasteiger charge is -2.33. The third-order valence-corrected chi connectivity index (χ3v) is 3.24. The van der Waals surface area contributed by atoms with E-state index in [0.29, 0.717) is 12.4 Å². The van der Waals surface area contributed by atoms with E-state index in [1.54, 1.807) is 14.0 Å². The Hall–Kier alpha value is -0.450. The van der Waals surface area contributed by atoms with Gasteiger partial charge in [-0.3, -0.25) is 9.69 Å². The molecule has 0 aliphatic carbocycles. The van der Waals surface area contributed by atoms with E-state index in [0.717, 1.165) is 39.1 Å². The number of piperidine rings is 1. The number of nitrogens with zero attached hydrogens (tertiary/aromatic N) is 1. The molecule has 1 rings (SSSR count). The number of ketones is 1. The summed E-state index contributed by atoms with van der Waals surface area (Å²) in [6.45, 7) is 5.81. The number of Topliss-reactive ketones (excluding diaryl/α,β-unsaturated/α-hetero) is 1. The molecule has 1 atom stereocenters. The zero-order valence-corrected chi connectivity index (χ0v) is 11.1. The Morgan fingerprint density at radius 1 is 1.29 bits per heavy atom. The number of methoxy groups -OCH3 is 1. The molecule has 1 unspecified atom stereocenters. The van der Waals surface area contributed by atoms with E-state index in [1.807, 2.05) is 0 Å². The van der Waals surface area contributed by atoms with E-state index in [9.17, 15) is 4.79 Å². The van der Waals surface area contributed by atoms with Crippen LogP contribution in [0.5, 0.6) is 0 Å². The summed E-state index contributed by atoms with van der Waals surface area (Å²) in [5, 5.41) is 0. The average Bonchev–Trinajstić information content (AvgIpc) is 2.34. The third kappa shape index (κ3) is 5.61. The van der Waals surface area contributed by atoms with Crippen LogP contribution >= 0.6 is 0 Å². The second-order valence-electron chi connectivity index (χ2n) is 4.62. The molecule has 17 heavy (non-hydrogen) atoms. The summed E-state index contributed by atoms with van der Waals surface area (Å²) in [6, 6.07) is 0.131. The second kappa shape index (κ2) is 8.61. The molecule has 0 aromatic carbocycles. The zero-order chi connectivity index (χ0) is 12.5. The molecular formula is C13H25NO3. The van der Waals surface area contributed by atoms with Gasteiger partial charge in [-0.25, -0.2) is 0 Å². The molecule has 0 radical (unpaired) electrons. The van der Waals surface area contributed by atoms with Gasteiger partial charge >= 0.3 is 0 Å². The van der Waals surface area contributed by atoms with Gasteiger partial charge < -0.3 is 9.47 Å². The monoisotopic (exact) mass is 243 g/mol. The van der Waals surface area contributed by atoms with Crippen molar-refractivity contribution in [3.63, 3.8) is 0 Å². The van der Waals surface area contributed by atoms with Crippen LogP contribution in [0, 0.1) is 0 Å². The first-order valence-corrected chi connectivity index (χ1v) is 6.57. The van der Waals surface area contributed by atoms with Crippen molar-refractivity contribution in [1.29, 1.82) is 0 Å². The molecule has 0 saturated carbocycles. The summed E-state index contributed by atoms with van der Waals surface area (Å²) >= 11 is 0. The first-order chi connectivity index (χ1) is 8.25. The van der Waals surface area contributed by atoms with Crippen LogP contribution in [0.15, 0.2) is 0 Å². The van der Waals surface area contributed by atoms with Crippen LogP contribution in [-0.4, -0.2) is 56.7 Å². The van der Waals surface area contributed by atoms with Crippen LogP contribution in [0.3, 0.4) is 0 Å². The highest BCUT2D eigenvalue weighted by atomic mass is 16.5. The molecule has 1 heterocycles. The summed E-state index contributed by atoms with van der Waals surface area (Å²) < 4.78 is 10.5. The van der Waals surface area contributed by atoms with Crippen LogP contribution in [-0.2, 0) is 14.3 Å². The second-order valence-corrected chi connectivity index (χ2v) is 4.62. The summed E-state index contributed by atoms with van der Waals surface area (Å²) in [5.41, 5.74) is 0. The molecule has 4 nitrogen and oxygen atoms in total. The smallest absolute Gasteiger partial charge is 0.146 e. The van der Waals surface area contributed by atoms with Gasteiger partial charge in [0.15, 0.2) is 0 Å². The van der Waals surface area contributed by atoms with Crippen molar-refractivity contribution >= 4 is 5.78 Å². The van der Waals surface area contributed by atoms with E-state index >= 15 is 0 Å². The van der Waals surface area contributed by atoms with Gasteiger partial charge in [-0.1, -0.05) is 6.42 Å². The first kappa shape index (κ1) is 14.6. The van der Waals surface area contributed by atoms with E-state index in [4.69, 9.17) is 9.47 Å². The van der Waals surface area contributed by atoms with Crippen LogP contribution in [0.1, 0.15) is 32.6 Å². The molecule has 0 spiro atoms. The van der Waals surface area contributed by atoms with E-state index < -0.39 is 0 Å². The fraction of sp³-hybridized carbons (Fsp3) is 0.923. The predicted molar refractivity (Wildman–Crippen MR) is 67.2 cm³/mol. The van der Waals surface area contributed by atoms with Gasteiger partial charge in [0, 0.05) is 26.9 Å². The molecule has 0 bridgehead atoms. The zero-order valence-electron chi connectivity index (χ0n) is 11.1. The van der Waals surface area contributed by atoms with Gasteiger partial charge in [-0.2, -0.15) is 0 Å². The standard InChI is InChI=1S/C13H25NO3/c1-12(15)13-6-3-4-7-14(13)8-11-17-10-5-9-16-2/h13H,3-11H2,1-2H3. The van der Waals surface area contributed by atoms with E-state index in [1.165, 1.54) is 12.8 Å². The molecule has 1 fully saturated rings. The number of carbonyl (C=O) groups is 1. The topological polar surface area (TPSA) is 38.8 Å². The fourth-order valence-corrected chi connectivity index (χ4v) is 2.31. The highest BCUT2D eigenvalue weighted by Crippen LogP contribution is 2.17. The predicted octanol–water partition coefficient (Wildman–Crippen LogP) is 1.48. The van der Waals surface area contributed by atoms with Crippen molar-refractivity contribution in [3.05, 3.63) is 0 Å². The molecular weight excluding hydrogens is 218 g/mol. The number of likely N-dealkylation sites (tertiary alicyclic amines) is 1. The summed E-state index contributed by atoms with van der Waals surface area (Å²) in [4.78, 5) is 13.8. The van der Waals surface area contributed by atoms with Gasteiger partial charge in [0.25, 0.3) is 0 Å². The van der Waals surface area contributed by atoms with Crippen molar-refractivity contribution in [2.45, 2.75) is 38.6 Å². The maximum Gasteiger partial charge on any atom is 0.146 e. The maximum atomic E-state index is 11.5. The largest absolute Gasteiger partial charge is 0.385 e. The Morgan fingerprint density at radius 2 is 2.12 bits per heavy atom. The minimum absolute atomic E-state index is 0.131. The third-order valence-electron chi connectivity index (χ3n) is 3.24. The number of hydrogen-bond donors (Lipinski definition) is 0. The Kier molecular flexibility index (Phi) is 7.40. The van der Waals surface area contributed by atoms with Crippen molar-refractivity contribution in [2.75, 3.05) is 40.0 Å². The molecule has 4 heteroatoms. The normalized spacial score (nSPS) is 21.6. The highest BCUT2D eigenvalue weighted by Gasteiger charge is 2.25. The van der Waals surface area contributed by atoms with Gasteiger partial charge in [-0.05, 0) is 32.7 Å². The number of hydrogen-bond acceptors (Lipinski definition) is 4. The Morgan fingerprint density at radius 3 is 2.82 bits per heavy atom. The first-order valence-electron chi connectivity index (χ1n) is 6.57. The maximum absolute atomic E-state index is 11.5. The molecule has 1 aliphatic rings. The fourth-order valence-electron chi connectivity index (χ4n) is 2.31. The highest BCUT2D eigenvalue weighted by molar-refractivity contribution is 5.81. The SMILES string of the molecule is COCCCOCCN1CCCCC1C(C)=O. The Labute approximate surface area is 104 Å². The molecule has 100 valence electrons. The quantitative estimate of drug-likeness (QED) is 0.605. The molecule has 0 aromatic rings. The van der Waals surface area contributed by atoms with E-state index in [2.05, 4.69) is 4.90 Å². The van der Waals surface area contributed by atoms with Gasteiger partial charge in [0.1, 0.15) is 5.78 Å². The lowest BCUT2D eigenvalue weighted by molar-refractivity contribution is -0.123. The van der Waals surface area contributed by atoms with Crippen LogP contribution in [0.4, 0.5) is 0 Å². The van der Waals surface area contributed by atoms with E-state index in [-0.39, 0.29) is 6.04 Å². The van der Waals surface area contributed by atoms with Crippen LogP contribution < -0.4 is 0 Å². The van der Waals surface area contributed by atoms with Crippen LogP contribution in [0.2, 0.25) is 0 Å². The molecule has 0 N–H and O–H groups in total. The minimum Gasteiger partial charge on any atom is -0.385 e. The van der Waals surface area contributed by atoms with Crippen molar-refractivity contribution < 1.29 is 14.3 Å². The van der Waals surface area contributed by atoms with Crippen molar-refractivity contribution in [2.24, 2.45) is 0 Å². The summed E-state index contributed by atoms with van der Waals surface area (Å²) in [7, 11) is 1.70. The molecule has 1 saturated heterocycles. The van der Waals surface area contributed by atoms with Gasteiger partial charge in [0.05, 0.1) is 12.6 Å². The summed E-state index contributed by atoms with van der Waals surface area (Å²) in [5.74, 6) is 0.295. The average molecular weight is 243 g/mol. The van der Waals surface area contributed by atoms with Crippen molar-refractivity contribution in [3.8, 4) is 0 Å². The molecule has 0 aromatic heterocycles. The summed E-state index contributed by atoms with van der Waals surface area (Å²) in [6.07, 6.45) is 4.33. The van der Waals surface area contributed by atoms with Crippen LogP contribution in [0.25, 0.3) is 0 Å². The van der Waals surface area contributed by atoms with Gasteiger partial charge in [0.2, 0.25) is 0 Å². The number of rotatable bonds is 8. The van der Waals surface area contributed by atoms with Gasteiger partial charge in [-0.15, -0.1) is 0 Å². The lowest BCUT2D eigenvalue weighted by Crippen LogP contribution is -2.45. The Balaban J connectivity index is 2.13. The molecule has 1 aliphatic heterocycles. The number of carbonyl (C=O) groups excluding carboxylic acids is 1.